The van der Waals surface area contributed by atoms with E-state index in [1.807, 2.05) is 0 Å². The Kier molecular flexibility index (Phi) is 17.1. The molecule has 4 amide bonds. The molecule has 0 unspecified atom stereocenters. The van der Waals surface area contributed by atoms with Gasteiger partial charge < -0.3 is 26.8 Å². The van der Waals surface area contributed by atoms with E-state index in [-0.39, 0.29) is 18.7 Å². The molecule has 198 valence electrons. The van der Waals surface area contributed by atoms with Gasteiger partial charge in [-0.3, -0.25) is 9.59 Å². The predicted molar refractivity (Wildman–Crippen MR) is 142 cm³/mol. The second-order valence-electron chi connectivity index (χ2n) is 8.73. The van der Waals surface area contributed by atoms with Crippen LogP contribution in [0.5, 0.6) is 0 Å². The molecule has 0 saturated heterocycles. The zero-order chi connectivity index (χ0) is 26.8. The van der Waals surface area contributed by atoms with Gasteiger partial charge in [-0.1, -0.05) is 34.9 Å². The molecule has 0 heterocycles. The number of nitrogens with two attached hydrogens (primary N) is 1. The number of carbonyl (C=O) groups is 4. The first-order valence-corrected chi connectivity index (χ1v) is 12.9. The minimum atomic E-state index is -1.16. The van der Waals surface area contributed by atoms with Gasteiger partial charge in [0.25, 0.3) is 0 Å². The van der Waals surface area contributed by atoms with Crippen molar-refractivity contribution >= 4 is 35.6 Å². The lowest BCUT2D eigenvalue weighted by atomic mass is 10.1. The van der Waals surface area contributed by atoms with Crippen LogP contribution in [0.2, 0.25) is 0 Å². The number of hydrogen-bond acceptors (Lipinski definition) is 5. The van der Waals surface area contributed by atoms with Crippen molar-refractivity contribution in [2.24, 2.45) is 5.73 Å². The zero-order valence-corrected chi connectivity index (χ0v) is 22.4. The molecule has 0 aliphatic carbocycles. The summed E-state index contributed by atoms with van der Waals surface area (Å²) in [5.74, 6) is -1.41. The molecule has 0 aliphatic heterocycles. The van der Waals surface area contributed by atoms with Gasteiger partial charge in [-0.15, -0.1) is 0 Å². The Balaban J connectivity index is 4.60. The lowest BCUT2D eigenvalue weighted by molar-refractivity contribution is -0.141. The van der Waals surface area contributed by atoms with Crippen molar-refractivity contribution in [2.75, 3.05) is 18.1 Å². The number of carboxylic acid groups (broad SMARTS) is 1. The third-order valence-corrected chi connectivity index (χ3v) is 5.97. The molecule has 0 aliphatic rings. The van der Waals surface area contributed by atoms with E-state index in [2.05, 4.69) is 61.9 Å². The minimum Gasteiger partial charge on any atom is -0.480 e. The van der Waals surface area contributed by atoms with E-state index in [0.717, 1.165) is 25.7 Å². The number of carboxylic acids is 1. The molecule has 0 aromatic heterocycles. The number of amides is 4. The van der Waals surface area contributed by atoms with Crippen molar-refractivity contribution in [3.63, 3.8) is 0 Å². The van der Waals surface area contributed by atoms with E-state index < -0.39 is 35.9 Å². The highest BCUT2D eigenvalue weighted by Gasteiger charge is 2.25. The molecule has 0 aromatic rings. The number of allylic oxidation sites excluding steroid dienone is 5. The molecule has 6 N–H and O–H groups in total. The summed E-state index contributed by atoms with van der Waals surface area (Å²) in [5.41, 5.74) is 8.95. The summed E-state index contributed by atoms with van der Waals surface area (Å²) in [6.07, 6.45) is 10.7. The van der Waals surface area contributed by atoms with Crippen LogP contribution in [0, 0.1) is 0 Å². The summed E-state index contributed by atoms with van der Waals surface area (Å²) < 4.78 is 0. The maximum absolute atomic E-state index is 12.5. The van der Waals surface area contributed by atoms with E-state index in [9.17, 15) is 24.3 Å². The van der Waals surface area contributed by atoms with Crippen LogP contribution in [0.3, 0.4) is 0 Å². The average molecular weight is 511 g/mol. The molecule has 0 saturated carbocycles. The van der Waals surface area contributed by atoms with E-state index in [1.54, 1.807) is 0 Å². The topological polar surface area (TPSA) is 151 Å². The van der Waals surface area contributed by atoms with Crippen LogP contribution >= 0.6 is 11.8 Å². The van der Waals surface area contributed by atoms with Crippen molar-refractivity contribution < 1.29 is 24.3 Å². The van der Waals surface area contributed by atoms with E-state index in [4.69, 9.17) is 5.73 Å². The first kappa shape index (κ1) is 32.2. The second-order valence-corrected chi connectivity index (χ2v) is 9.80. The summed E-state index contributed by atoms with van der Waals surface area (Å²) in [6, 6.07) is -2.83. The van der Waals surface area contributed by atoms with Crippen molar-refractivity contribution in [2.45, 2.75) is 78.8 Å². The van der Waals surface area contributed by atoms with Gasteiger partial charge in [0, 0.05) is 25.0 Å². The van der Waals surface area contributed by atoms with E-state index >= 15 is 0 Å². The maximum Gasteiger partial charge on any atom is 0.327 e. The van der Waals surface area contributed by atoms with Gasteiger partial charge in [-0.2, -0.15) is 11.8 Å². The fourth-order valence-electron chi connectivity index (χ4n) is 3.03. The standard InChI is InChI=1S/C25H42N4O5S/c1-17(2)8-6-9-18(3)10-7-11-19(4)13-15-35-16-22(24(32)33)29-23(31)21(28-20(5)30)12-14-27-25(26)34/h8,10,13,21-22H,6-7,9,11-12,14-16H2,1-5H3,(H,28,30)(H,29,31)(H,32,33)(H3,26,27,34)/t21-,22-/m0/s1. The van der Waals surface area contributed by atoms with Crippen molar-refractivity contribution in [1.82, 2.24) is 16.0 Å². The number of thioether (sulfide) groups is 1. The number of primary amides is 1. The molecule has 2 atom stereocenters. The Morgan fingerprint density at radius 3 is 2.03 bits per heavy atom. The highest BCUT2D eigenvalue weighted by molar-refractivity contribution is 7.99. The van der Waals surface area contributed by atoms with E-state index in [1.165, 1.54) is 35.4 Å². The highest BCUT2D eigenvalue weighted by Crippen LogP contribution is 2.13. The van der Waals surface area contributed by atoms with E-state index in [0.29, 0.717) is 5.75 Å². The molecule has 0 aromatic carbocycles. The third-order valence-electron chi connectivity index (χ3n) is 5.00. The monoisotopic (exact) mass is 510 g/mol. The third kappa shape index (κ3) is 18.3. The lowest BCUT2D eigenvalue weighted by Crippen LogP contribution is -2.53. The van der Waals surface area contributed by atoms with Gasteiger partial charge in [0.1, 0.15) is 12.1 Å². The first-order chi connectivity index (χ1) is 16.4. The predicted octanol–water partition coefficient (Wildman–Crippen LogP) is 3.27. The highest BCUT2D eigenvalue weighted by atomic mass is 32.2. The molecule has 9 nitrogen and oxygen atoms in total. The summed E-state index contributed by atoms with van der Waals surface area (Å²) in [4.78, 5) is 46.3. The summed E-state index contributed by atoms with van der Waals surface area (Å²) in [6.45, 7) is 9.73. The number of carbonyl (C=O) groups excluding carboxylic acids is 3. The number of urea groups is 1. The number of nitrogens with one attached hydrogen (secondary N) is 3. The van der Waals surface area contributed by atoms with Crippen LogP contribution < -0.4 is 21.7 Å². The molecule has 0 spiro atoms. The second kappa shape index (κ2) is 18.6. The smallest absolute Gasteiger partial charge is 0.327 e. The fraction of sp³-hybridized carbons (Fsp3) is 0.600. The summed E-state index contributed by atoms with van der Waals surface area (Å²) in [5, 5.41) is 16.8. The normalized spacial score (nSPS) is 13.4. The Morgan fingerprint density at radius 1 is 0.886 bits per heavy atom. The van der Waals surface area contributed by atoms with Gasteiger partial charge in [0.2, 0.25) is 11.8 Å². The number of rotatable bonds is 17. The Hall–Kier alpha value is -2.75. The van der Waals surface area contributed by atoms with Crippen LogP contribution in [0.25, 0.3) is 0 Å². The van der Waals surface area contributed by atoms with Gasteiger partial charge >= 0.3 is 12.0 Å². The Bertz CT molecular complexity index is 804. The number of aliphatic carboxylic acids is 1. The SMILES string of the molecule is CC(=O)N[C@@H](CCNC(N)=O)C(=O)N[C@@H](CSCC=C(C)CCC=C(C)CCC=C(C)C)C(=O)O. The Labute approximate surface area is 213 Å². The van der Waals surface area contributed by atoms with Crippen LogP contribution in [0.4, 0.5) is 4.79 Å². The van der Waals surface area contributed by atoms with Crippen molar-refractivity contribution in [3.05, 3.63) is 34.9 Å². The largest absolute Gasteiger partial charge is 0.480 e. The molecule has 0 fully saturated rings. The van der Waals surface area contributed by atoms with Gasteiger partial charge in [0.15, 0.2) is 0 Å². The van der Waals surface area contributed by atoms with Crippen LogP contribution in [0.1, 0.15) is 66.7 Å². The van der Waals surface area contributed by atoms with Crippen LogP contribution in [-0.2, 0) is 14.4 Å². The summed E-state index contributed by atoms with van der Waals surface area (Å²) in [7, 11) is 0. The van der Waals surface area contributed by atoms with Crippen molar-refractivity contribution in [3.8, 4) is 0 Å². The zero-order valence-electron chi connectivity index (χ0n) is 21.6. The average Bonchev–Trinajstić information content (AvgIpc) is 2.74. The van der Waals surface area contributed by atoms with Crippen molar-refractivity contribution in [1.29, 1.82) is 0 Å². The molecule has 10 heteroatoms. The molecule has 35 heavy (non-hydrogen) atoms. The minimum absolute atomic E-state index is 0.0639. The maximum atomic E-state index is 12.5. The Morgan fingerprint density at radius 2 is 1.49 bits per heavy atom. The molecular weight excluding hydrogens is 468 g/mol. The number of hydrogen-bond donors (Lipinski definition) is 5. The molecule has 0 radical (unpaired) electrons. The summed E-state index contributed by atoms with van der Waals surface area (Å²) >= 11 is 1.41. The first-order valence-electron chi connectivity index (χ1n) is 11.8. The molecular formula is C25H42N4O5S. The van der Waals surface area contributed by atoms with Gasteiger partial charge in [0.05, 0.1) is 0 Å². The van der Waals surface area contributed by atoms with Crippen LogP contribution in [0.15, 0.2) is 34.9 Å². The molecule has 0 rings (SSSR count). The quantitative estimate of drug-likeness (QED) is 0.150. The van der Waals surface area contributed by atoms with Gasteiger partial charge in [-0.05, 0) is 59.8 Å². The lowest BCUT2D eigenvalue weighted by Gasteiger charge is -2.21. The van der Waals surface area contributed by atoms with Crippen LogP contribution in [-0.4, -0.2) is 59.1 Å². The fourth-order valence-corrected chi connectivity index (χ4v) is 4.03. The molecule has 0 bridgehead atoms. The van der Waals surface area contributed by atoms with Gasteiger partial charge in [-0.25, -0.2) is 9.59 Å².